The van der Waals surface area contributed by atoms with Crippen molar-refractivity contribution in [2.75, 3.05) is 0 Å². The summed E-state index contributed by atoms with van der Waals surface area (Å²) in [6.07, 6.45) is -0.0817. The summed E-state index contributed by atoms with van der Waals surface area (Å²) in [4.78, 5) is 13.8. The third-order valence-corrected chi connectivity index (χ3v) is 5.09. The molecular weight excluding hydrogens is 291 g/mol. The lowest BCUT2D eigenvalue weighted by Crippen LogP contribution is -2.14. The van der Waals surface area contributed by atoms with E-state index in [1.165, 1.54) is 0 Å². The van der Waals surface area contributed by atoms with E-state index < -0.39 is 22.7 Å². The first-order valence-electron chi connectivity index (χ1n) is 6.64. The van der Waals surface area contributed by atoms with E-state index in [0.29, 0.717) is 22.3 Å². The van der Waals surface area contributed by atoms with E-state index in [0.717, 1.165) is 32.1 Å². The summed E-state index contributed by atoms with van der Waals surface area (Å²) in [5.74, 6) is -0.951. The molecule has 112 valence electrons. The Morgan fingerprint density at radius 1 is 1.35 bits per heavy atom. The van der Waals surface area contributed by atoms with Gasteiger partial charge in [-0.1, -0.05) is 13.3 Å². The Morgan fingerprint density at radius 2 is 1.95 bits per heavy atom. The molecule has 0 radical (unpaired) electrons. The molecule has 0 saturated heterocycles. The van der Waals surface area contributed by atoms with Gasteiger partial charge in [-0.15, -0.1) is 11.3 Å². The minimum Gasteiger partial charge on any atom is -0.477 e. The van der Waals surface area contributed by atoms with Crippen molar-refractivity contribution in [3.63, 3.8) is 0 Å². The van der Waals surface area contributed by atoms with Crippen molar-refractivity contribution in [2.45, 2.75) is 51.1 Å². The quantitative estimate of drug-likeness (QED) is 0.891. The summed E-state index contributed by atoms with van der Waals surface area (Å²) in [6, 6.07) is 0. The lowest BCUT2D eigenvalue weighted by atomic mass is 9.81. The SMILES string of the molecule is CCC1CCC(c2nc(C(F)(F)F)c(C(=O)O)s2)CC1. The molecule has 1 aliphatic carbocycles. The van der Waals surface area contributed by atoms with Crippen LogP contribution < -0.4 is 0 Å². The third-order valence-electron chi connectivity index (χ3n) is 3.88. The van der Waals surface area contributed by atoms with Crippen LogP contribution in [0, 0.1) is 5.92 Å². The lowest BCUT2D eigenvalue weighted by Gasteiger charge is -2.26. The monoisotopic (exact) mass is 307 g/mol. The smallest absolute Gasteiger partial charge is 0.435 e. The molecule has 1 N–H and O–H groups in total. The van der Waals surface area contributed by atoms with Crippen LogP contribution in [0.2, 0.25) is 0 Å². The molecule has 0 unspecified atom stereocenters. The molecule has 1 saturated carbocycles. The van der Waals surface area contributed by atoms with Gasteiger partial charge < -0.3 is 5.11 Å². The second-order valence-corrected chi connectivity index (χ2v) is 6.19. The number of halogens is 3. The molecular formula is C13H16F3NO2S. The Kier molecular flexibility index (Phi) is 4.36. The number of carbonyl (C=O) groups is 1. The molecule has 0 aromatic carbocycles. The largest absolute Gasteiger partial charge is 0.477 e. The van der Waals surface area contributed by atoms with E-state index in [2.05, 4.69) is 11.9 Å². The van der Waals surface area contributed by atoms with Crippen LogP contribution in [0.5, 0.6) is 0 Å². The van der Waals surface area contributed by atoms with E-state index in [1.54, 1.807) is 0 Å². The summed E-state index contributed by atoms with van der Waals surface area (Å²) in [5.41, 5.74) is -1.25. The van der Waals surface area contributed by atoms with Crippen LogP contribution in [0.15, 0.2) is 0 Å². The third kappa shape index (κ3) is 3.13. The normalized spacial score (nSPS) is 23.8. The molecule has 20 heavy (non-hydrogen) atoms. The molecule has 1 heterocycles. The van der Waals surface area contributed by atoms with Gasteiger partial charge in [0.25, 0.3) is 0 Å². The number of thiazole rings is 1. The van der Waals surface area contributed by atoms with Crippen molar-refractivity contribution in [3.8, 4) is 0 Å². The van der Waals surface area contributed by atoms with Gasteiger partial charge in [0.2, 0.25) is 0 Å². The van der Waals surface area contributed by atoms with Crippen LogP contribution in [0.3, 0.4) is 0 Å². The maximum atomic E-state index is 12.8. The van der Waals surface area contributed by atoms with E-state index in [1.807, 2.05) is 0 Å². The van der Waals surface area contributed by atoms with Gasteiger partial charge in [-0.05, 0) is 31.6 Å². The van der Waals surface area contributed by atoms with Crippen molar-refractivity contribution in [1.29, 1.82) is 0 Å². The maximum Gasteiger partial charge on any atom is 0.435 e. The summed E-state index contributed by atoms with van der Waals surface area (Å²) in [7, 11) is 0. The average Bonchev–Trinajstić information content (AvgIpc) is 2.84. The molecule has 1 aromatic rings. The number of rotatable bonds is 3. The Bertz CT molecular complexity index is 490. The fraction of sp³-hybridized carbons (Fsp3) is 0.692. The van der Waals surface area contributed by atoms with Crippen LogP contribution in [0.25, 0.3) is 0 Å². The highest BCUT2D eigenvalue weighted by Gasteiger charge is 2.40. The number of carboxylic acids is 1. The molecule has 7 heteroatoms. The summed E-state index contributed by atoms with van der Waals surface area (Å²) < 4.78 is 38.4. The highest BCUT2D eigenvalue weighted by atomic mass is 32.1. The second-order valence-electron chi connectivity index (χ2n) is 5.16. The van der Waals surface area contributed by atoms with Crippen LogP contribution in [0.4, 0.5) is 13.2 Å². The topological polar surface area (TPSA) is 50.2 Å². The molecule has 0 spiro atoms. The molecule has 1 aromatic heterocycles. The first-order valence-corrected chi connectivity index (χ1v) is 7.45. The molecule has 3 nitrogen and oxygen atoms in total. The minimum absolute atomic E-state index is 0.0306. The van der Waals surface area contributed by atoms with Crippen LogP contribution >= 0.6 is 11.3 Å². The Balaban J connectivity index is 2.24. The highest BCUT2D eigenvalue weighted by molar-refractivity contribution is 7.13. The van der Waals surface area contributed by atoms with Gasteiger partial charge in [-0.2, -0.15) is 13.2 Å². The fourth-order valence-corrected chi connectivity index (χ4v) is 3.76. The van der Waals surface area contributed by atoms with Gasteiger partial charge in [0, 0.05) is 5.92 Å². The highest BCUT2D eigenvalue weighted by Crippen LogP contribution is 2.42. The van der Waals surface area contributed by atoms with Crippen LogP contribution in [0.1, 0.15) is 65.3 Å². The fourth-order valence-electron chi connectivity index (χ4n) is 2.67. The van der Waals surface area contributed by atoms with Crippen molar-refractivity contribution >= 4 is 17.3 Å². The Hall–Kier alpha value is -1.11. The number of carboxylic acid groups (broad SMARTS) is 1. The molecule has 1 fully saturated rings. The zero-order valence-electron chi connectivity index (χ0n) is 11.0. The van der Waals surface area contributed by atoms with Gasteiger partial charge in [0.15, 0.2) is 5.69 Å². The summed E-state index contributed by atoms with van der Waals surface area (Å²) >= 11 is 0.679. The number of nitrogens with zero attached hydrogens (tertiary/aromatic N) is 1. The first kappa shape index (κ1) is 15.3. The predicted octanol–water partition coefficient (Wildman–Crippen LogP) is 4.54. The van der Waals surface area contributed by atoms with Crippen molar-refractivity contribution in [1.82, 2.24) is 4.98 Å². The van der Waals surface area contributed by atoms with E-state index >= 15 is 0 Å². The number of hydrogen-bond acceptors (Lipinski definition) is 3. The number of aromatic carboxylic acids is 1. The van der Waals surface area contributed by atoms with Crippen molar-refractivity contribution in [2.24, 2.45) is 5.92 Å². The average molecular weight is 307 g/mol. The minimum atomic E-state index is -4.71. The van der Waals surface area contributed by atoms with E-state index in [4.69, 9.17) is 5.11 Å². The lowest BCUT2D eigenvalue weighted by molar-refractivity contribution is -0.141. The van der Waals surface area contributed by atoms with Crippen molar-refractivity contribution < 1.29 is 23.1 Å². The Labute approximate surface area is 118 Å². The first-order chi connectivity index (χ1) is 9.32. The Morgan fingerprint density at radius 3 is 2.35 bits per heavy atom. The van der Waals surface area contributed by atoms with E-state index in [9.17, 15) is 18.0 Å². The molecule has 0 aliphatic heterocycles. The number of aromatic nitrogens is 1. The zero-order valence-corrected chi connectivity index (χ0v) is 11.9. The second kappa shape index (κ2) is 5.71. The molecule has 1 aliphatic rings. The van der Waals surface area contributed by atoms with Gasteiger partial charge in [0.05, 0.1) is 5.01 Å². The van der Waals surface area contributed by atoms with Crippen LogP contribution in [-0.4, -0.2) is 16.1 Å². The van der Waals surface area contributed by atoms with Gasteiger partial charge in [0.1, 0.15) is 4.88 Å². The summed E-state index contributed by atoms with van der Waals surface area (Å²) in [5, 5.41) is 9.21. The van der Waals surface area contributed by atoms with Crippen molar-refractivity contribution in [3.05, 3.63) is 15.6 Å². The molecule has 2 rings (SSSR count). The van der Waals surface area contributed by atoms with Crippen LogP contribution in [-0.2, 0) is 6.18 Å². The standard InChI is InChI=1S/C13H16F3NO2S/c1-2-7-3-5-8(6-4-7)11-17-10(13(14,15)16)9(20-11)12(18)19/h7-8H,2-6H2,1H3,(H,18,19). The van der Waals surface area contributed by atoms with Gasteiger partial charge in [-0.25, -0.2) is 9.78 Å². The number of hydrogen-bond donors (Lipinski definition) is 1. The maximum absolute atomic E-state index is 12.8. The molecule has 0 bridgehead atoms. The van der Waals surface area contributed by atoms with Gasteiger partial charge >= 0.3 is 12.1 Å². The number of alkyl halides is 3. The zero-order chi connectivity index (χ0) is 14.9. The van der Waals surface area contributed by atoms with E-state index in [-0.39, 0.29) is 5.92 Å². The van der Waals surface area contributed by atoms with Gasteiger partial charge in [-0.3, -0.25) is 0 Å². The molecule has 0 amide bonds. The summed E-state index contributed by atoms with van der Waals surface area (Å²) in [6.45, 7) is 2.11. The predicted molar refractivity (Wildman–Crippen MR) is 69.1 cm³/mol. The molecule has 0 atom stereocenters.